The summed E-state index contributed by atoms with van der Waals surface area (Å²) in [6, 6.07) is 7.42. The molecule has 3 atom stereocenters. The van der Waals surface area contributed by atoms with Crippen LogP contribution in [0.2, 0.25) is 0 Å². The monoisotopic (exact) mass is 276 g/mol. The maximum absolute atomic E-state index is 5.49. The summed E-state index contributed by atoms with van der Waals surface area (Å²) < 4.78 is 10.9. The number of ether oxygens (including phenoxy) is 2. The van der Waals surface area contributed by atoms with Gasteiger partial charge in [0.2, 0.25) is 6.79 Å². The Bertz CT molecular complexity index is 478. The van der Waals surface area contributed by atoms with Crippen LogP contribution in [0, 0.1) is 5.92 Å². The molecule has 4 nitrogen and oxygen atoms in total. The zero-order valence-electron chi connectivity index (χ0n) is 12.6. The number of benzene rings is 1. The number of anilines is 1. The Morgan fingerprint density at radius 3 is 2.85 bits per heavy atom. The van der Waals surface area contributed by atoms with Crippen LogP contribution in [0.4, 0.5) is 5.69 Å². The number of hydrogen-bond acceptors (Lipinski definition) is 4. The third kappa shape index (κ3) is 2.33. The summed E-state index contributed by atoms with van der Waals surface area (Å²) in [7, 11) is 0. The van der Waals surface area contributed by atoms with Crippen molar-refractivity contribution in [3.8, 4) is 11.5 Å². The predicted octanol–water partition coefficient (Wildman–Crippen LogP) is 2.63. The van der Waals surface area contributed by atoms with E-state index in [1.54, 1.807) is 0 Å². The van der Waals surface area contributed by atoms with Gasteiger partial charge in [-0.2, -0.15) is 0 Å². The van der Waals surface area contributed by atoms with Crippen LogP contribution in [0.25, 0.3) is 0 Å². The molecule has 3 unspecified atom stereocenters. The molecular weight excluding hydrogens is 252 g/mol. The van der Waals surface area contributed by atoms with Crippen molar-refractivity contribution in [1.82, 2.24) is 5.32 Å². The first-order chi connectivity index (χ1) is 9.70. The normalized spacial score (nSPS) is 28.8. The van der Waals surface area contributed by atoms with Gasteiger partial charge in [0.1, 0.15) is 0 Å². The third-order valence-corrected chi connectivity index (χ3v) is 4.72. The molecule has 0 bridgehead atoms. The summed E-state index contributed by atoms with van der Waals surface area (Å²) in [5.74, 6) is 2.36. The standard InChI is InChI=1S/C16H24N2O2/c1-4-17-14-7-8-18(12(3)11(14)2)13-5-6-15-16(9-13)20-10-19-15/h5-6,9,11-12,14,17H,4,7-8,10H2,1-3H3. The maximum atomic E-state index is 5.49. The Kier molecular flexibility index (Phi) is 3.74. The minimum atomic E-state index is 0.341. The molecule has 1 N–H and O–H groups in total. The van der Waals surface area contributed by atoms with E-state index in [4.69, 9.17) is 9.47 Å². The quantitative estimate of drug-likeness (QED) is 0.920. The molecule has 2 aliphatic heterocycles. The van der Waals surface area contributed by atoms with Gasteiger partial charge >= 0.3 is 0 Å². The highest BCUT2D eigenvalue weighted by Gasteiger charge is 2.32. The molecule has 1 aromatic rings. The Hall–Kier alpha value is -1.42. The predicted molar refractivity (Wildman–Crippen MR) is 80.6 cm³/mol. The van der Waals surface area contributed by atoms with Crippen LogP contribution in [0.15, 0.2) is 18.2 Å². The van der Waals surface area contributed by atoms with Crippen LogP contribution in [-0.4, -0.2) is 32.0 Å². The van der Waals surface area contributed by atoms with Gasteiger partial charge in [-0.3, -0.25) is 0 Å². The molecule has 0 aliphatic carbocycles. The largest absolute Gasteiger partial charge is 0.454 e. The number of rotatable bonds is 3. The van der Waals surface area contributed by atoms with E-state index in [0.717, 1.165) is 24.6 Å². The molecule has 0 amide bonds. The fraction of sp³-hybridized carbons (Fsp3) is 0.625. The number of fused-ring (bicyclic) bond motifs is 1. The average Bonchev–Trinajstić information content (AvgIpc) is 2.91. The lowest BCUT2D eigenvalue weighted by molar-refractivity contribution is 0.174. The molecule has 110 valence electrons. The molecule has 1 saturated heterocycles. The highest BCUT2D eigenvalue weighted by molar-refractivity contribution is 5.58. The lowest BCUT2D eigenvalue weighted by Gasteiger charge is -2.44. The van der Waals surface area contributed by atoms with Gasteiger partial charge in [0, 0.05) is 30.4 Å². The van der Waals surface area contributed by atoms with Crippen molar-refractivity contribution in [3.63, 3.8) is 0 Å². The van der Waals surface area contributed by atoms with E-state index < -0.39 is 0 Å². The second-order valence-electron chi connectivity index (χ2n) is 5.78. The number of piperidine rings is 1. The van der Waals surface area contributed by atoms with Crippen molar-refractivity contribution in [1.29, 1.82) is 0 Å². The molecule has 2 heterocycles. The highest BCUT2D eigenvalue weighted by Crippen LogP contribution is 2.37. The molecule has 2 aliphatic rings. The molecule has 4 heteroatoms. The minimum absolute atomic E-state index is 0.341. The van der Waals surface area contributed by atoms with Crippen molar-refractivity contribution < 1.29 is 9.47 Å². The van der Waals surface area contributed by atoms with Crippen LogP contribution >= 0.6 is 0 Å². The zero-order chi connectivity index (χ0) is 14.1. The van der Waals surface area contributed by atoms with E-state index in [0.29, 0.717) is 24.8 Å². The molecule has 20 heavy (non-hydrogen) atoms. The van der Waals surface area contributed by atoms with Gasteiger partial charge in [-0.15, -0.1) is 0 Å². The van der Waals surface area contributed by atoms with Gasteiger partial charge < -0.3 is 19.7 Å². The maximum Gasteiger partial charge on any atom is 0.231 e. The Morgan fingerprint density at radius 1 is 1.25 bits per heavy atom. The van der Waals surface area contributed by atoms with Crippen molar-refractivity contribution in [2.24, 2.45) is 5.92 Å². The number of hydrogen-bond donors (Lipinski definition) is 1. The minimum Gasteiger partial charge on any atom is -0.454 e. The van der Waals surface area contributed by atoms with Crippen molar-refractivity contribution in [2.75, 3.05) is 24.8 Å². The van der Waals surface area contributed by atoms with Crippen molar-refractivity contribution in [2.45, 2.75) is 39.3 Å². The number of nitrogens with one attached hydrogen (secondary N) is 1. The van der Waals surface area contributed by atoms with Crippen LogP contribution in [0.5, 0.6) is 11.5 Å². The topological polar surface area (TPSA) is 33.7 Å². The van der Waals surface area contributed by atoms with Crippen LogP contribution < -0.4 is 19.7 Å². The Balaban J connectivity index is 1.77. The van der Waals surface area contributed by atoms with Gasteiger partial charge in [0.05, 0.1) is 0 Å². The summed E-state index contributed by atoms with van der Waals surface area (Å²) >= 11 is 0. The van der Waals surface area contributed by atoms with Gasteiger partial charge in [-0.1, -0.05) is 13.8 Å². The molecule has 0 spiro atoms. The SMILES string of the molecule is CCNC1CCN(c2ccc3c(c2)OCO3)C(C)C1C. The van der Waals surface area contributed by atoms with E-state index >= 15 is 0 Å². The summed E-state index contributed by atoms with van der Waals surface area (Å²) in [5.41, 5.74) is 1.24. The lowest BCUT2D eigenvalue weighted by atomic mass is 9.86. The van der Waals surface area contributed by atoms with Crippen molar-refractivity contribution >= 4 is 5.69 Å². The van der Waals surface area contributed by atoms with E-state index in [1.165, 1.54) is 12.1 Å². The first-order valence-corrected chi connectivity index (χ1v) is 7.60. The summed E-state index contributed by atoms with van der Waals surface area (Å²) in [5, 5.41) is 3.61. The van der Waals surface area contributed by atoms with Crippen LogP contribution in [-0.2, 0) is 0 Å². The fourth-order valence-electron chi connectivity index (χ4n) is 3.34. The van der Waals surface area contributed by atoms with Crippen molar-refractivity contribution in [3.05, 3.63) is 18.2 Å². The van der Waals surface area contributed by atoms with Crippen LogP contribution in [0.1, 0.15) is 27.2 Å². The number of nitrogens with zero attached hydrogens (tertiary/aromatic N) is 1. The Labute approximate surface area is 121 Å². The second kappa shape index (κ2) is 5.52. The fourth-order valence-corrected chi connectivity index (χ4v) is 3.34. The first-order valence-electron chi connectivity index (χ1n) is 7.60. The Morgan fingerprint density at radius 2 is 2.05 bits per heavy atom. The van der Waals surface area contributed by atoms with Gasteiger partial charge in [0.25, 0.3) is 0 Å². The van der Waals surface area contributed by atoms with E-state index in [2.05, 4.69) is 43.1 Å². The zero-order valence-corrected chi connectivity index (χ0v) is 12.6. The molecular formula is C16H24N2O2. The van der Waals surface area contributed by atoms with Gasteiger partial charge in [0.15, 0.2) is 11.5 Å². The first kappa shape index (κ1) is 13.6. The van der Waals surface area contributed by atoms with Gasteiger partial charge in [-0.05, 0) is 37.9 Å². The summed E-state index contributed by atoms with van der Waals surface area (Å²) in [6.07, 6.45) is 1.19. The summed E-state index contributed by atoms with van der Waals surface area (Å²) in [6.45, 7) is 9.32. The lowest BCUT2D eigenvalue weighted by Crippen LogP contribution is -2.53. The highest BCUT2D eigenvalue weighted by atomic mass is 16.7. The molecule has 0 aromatic heterocycles. The molecule has 0 saturated carbocycles. The molecule has 0 radical (unpaired) electrons. The van der Waals surface area contributed by atoms with E-state index in [-0.39, 0.29) is 0 Å². The van der Waals surface area contributed by atoms with Gasteiger partial charge in [-0.25, -0.2) is 0 Å². The second-order valence-corrected chi connectivity index (χ2v) is 5.78. The third-order valence-electron chi connectivity index (χ3n) is 4.72. The van der Waals surface area contributed by atoms with Crippen LogP contribution in [0.3, 0.4) is 0 Å². The summed E-state index contributed by atoms with van der Waals surface area (Å²) in [4.78, 5) is 2.49. The van der Waals surface area contributed by atoms with E-state index in [9.17, 15) is 0 Å². The average molecular weight is 276 g/mol. The molecule has 3 rings (SSSR count). The molecule has 1 aromatic carbocycles. The van der Waals surface area contributed by atoms with E-state index in [1.807, 2.05) is 6.07 Å². The smallest absolute Gasteiger partial charge is 0.231 e. The molecule has 1 fully saturated rings.